The molecule has 1 fully saturated rings. The molecule has 5 heteroatoms. The van der Waals surface area contributed by atoms with Crippen molar-refractivity contribution >= 4 is 22.7 Å². The van der Waals surface area contributed by atoms with Crippen LogP contribution in [0, 0.1) is 6.92 Å². The van der Waals surface area contributed by atoms with Crippen LogP contribution in [0.1, 0.15) is 36.8 Å². The molecule has 0 aliphatic heterocycles. The summed E-state index contributed by atoms with van der Waals surface area (Å²) in [7, 11) is 0. The first-order valence-electron chi connectivity index (χ1n) is 11.3. The Balaban J connectivity index is 1.27. The maximum atomic E-state index is 5.92. The highest BCUT2D eigenvalue weighted by atomic mass is 16.5. The normalized spacial score (nSPS) is 13.9. The zero-order chi connectivity index (χ0) is 21.8. The van der Waals surface area contributed by atoms with E-state index < -0.39 is 0 Å². The summed E-state index contributed by atoms with van der Waals surface area (Å²) in [5.74, 6) is 3.23. The summed E-state index contributed by atoms with van der Waals surface area (Å²) in [4.78, 5) is 9.52. The quantitative estimate of drug-likeness (QED) is 0.346. The van der Waals surface area contributed by atoms with Gasteiger partial charge in [-0.05, 0) is 61.7 Å². The molecule has 162 valence electrons. The van der Waals surface area contributed by atoms with E-state index in [9.17, 15) is 0 Å². The van der Waals surface area contributed by atoms with Crippen molar-refractivity contribution in [2.24, 2.45) is 0 Å². The fraction of sp³-hybridized carbons (Fsp3) is 0.259. The number of anilines is 2. The number of ether oxygens (including phenoxy) is 1. The molecule has 3 aromatic carbocycles. The topological polar surface area (TPSA) is 59.1 Å². The minimum Gasteiger partial charge on any atom is -0.457 e. The molecule has 32 heavy (non-hydrogen) atoms. The second kappa shape index (κ2) is 9.27. The van der Waals surface area contributed by atoms with Gasteiger partial charge in [-0.2, -0.15) is 4.98 Å². The van der Waals surface area contributed by atoms with E-state index >= 15 is 0 Å². The van der Waals surface area contributed by atoms with E-state index in [0.29, 0.717) is 18.5 Å². The van der Waals surface area contributed by atoms with E-state index in [4.69, 9.17) is 14.7 Å². The lowest BCUT2D eigenvalue weighted by atomic mass is 10.2. The third-order valence-corrected chi connectivity index (χ3v) is 5.93. The molecule has 1 aliphatic carbocycles. The second-order valence-corrected chi connectivity index (χ2v) is 8.45. The number of nitrogens with zero attached hydrogens (tertiary/aromatic N) is 2. The number of para-hydroxylation sites is 1. The van der Waals surface area contributed by atoms with Crippen LogP contribution in [-0.2, 0) is 6.54 Å². The van der Waals surface area contributed by atoms with Gasteiger partial charge in [0, 0.05) is 18.0 Å². The van der Waals surface area contributed by atoms with Crippen molar-refractivity contribution < 1.29 is 4.74 Å². The number of aromatic nitrogens is 2. The highest BCUT2D eigenvalue weighted by molar-refractivity contribution is 5.90. The van der Waals surface area contributed by atoms with Gasteiger partial charge in [0.25, 0.3) is 0 Å². The largest absolute Gasteiger partial charge is 0.457 e. The molecule has 0 spiro atoms. The summed E-state index contributed by atoms with van der Waals surface area (Å²) in [6.45, 7) is 2.71. The van der Waals surface area contributed by atoms with Gasteiger partial charge in [-0.1, -0.05) is 54.8 Å². The predicted octanol–water partition coefficient (Wildman–Crippen LogP) is 6.70. The monoisotopic (exact) mass is 424 g/mol. The van der Waals surface area contributed by atoms with Crippen LogP contribution in [0.25, 0.3) is 10.9 Å². The Kier molecular flexibility index (Phi) is 5.88. The molecule has 0 unspecified atom stereocenters. The van der Waals surface area contributed by atoms with Crippen LogP contribution in [0.3, 0.4) is 0 Å². The molecule has 1 aliphatic rings. The molecule has 1 aromatic heterocycles. The molecule has 0 atom stereocenters. The smallest absolute Gasteiger partial charge is 0.225 e. The summed E-state index contributed by atoms with van der Waals surface area (Å²) < 4.78 is 5.92. The molecular formula is C27H28N4O. The van der Waals surface area contributed by atoms with Gasteiger partial charge < -0.3 is 15.4 Å². The third-order valence-electron chi connectivity index (χ3n) is 5.93. The Morgan fingerprint density at radius 1 is 0.844 bits per heavy atom. The van der Waals surface area contributed by atoms with Gasteiger partial charge in [0.1, 0.15) is 17.3 Å². The lowest BCUT2D eigenvalue weighted by Gasteiger charge is -2.16. The fourth-order valence-corrected chi connectivity index (χ4v) is 4.13. The highest BCUT2D eigenvalue weighted by Crippen LogP contribution is 2.27. The van der Waals surface area contributed by atoms with Crippen LogP contribution in [-0.4, -0.2) is 16.0 Å². The Bertz CT molecular complexity index is 1180. The van der Waals surface area contributed by atoms with Gasteiger partial charge in [0.15, 0.2) is 0 Å². The first kappa shape index (κ1) is 20.3. The molecule has 5 rings (SSSR count). The van der Waals surface area contributed by atoms with E-state index in [1.807, 2.05) is 54.6 Å². The van der Waals surface area contributed by atoms with Crippen molar-refractivity contribution in [2.75, 3.05) is 10.6 Å². The van der Waals surface area contributed by atoms with Crippen LogP contribution < -0.4 is 15.4 Å². The van der Waals surface area contributed by atoms with Crippen molar-refractivity contribution in [3.05, 3.63) is 83.9 Å². The van der Waals surface area contributed by atoms with Crippen LogP contribution in [0.5, 0.6) is 11.5 Å². The van der Waals surface area contributed by atoms with Crippen molar-refractivity contribution in [1.82, 2.24) is 9.97 Å². The zero-order valence-corrected chi connectivity index (χ0v) is 18.3. The molecule has 0 amide bonds. The summed E-state index contributed by atoms with van der Waals surface area (Å²) in [6, 6.07) is 24.9. The first-order valence-corrected chi connectivity index (χ1v) is 11.3. The molecule has 0 radical (unpaired) electrons. The second-order valence-electron chi connectivity index (χ2n) is 8.45. The Labute approximate surface area is 188 Å². The number of aryl methyl sites for hydroxylation is 1. The summed E-state index contributed by atoms with van der Waals surface area (Å²) in [5, 5.41) is 8.11. The van der Waals surface area contributed by atoms with E-state index in [1.165, 1.54) is 31.2 Å². The van der Waals surface area contributed by atoms with Crippen molar-refractivity contribution in [2.45, 2.75) is 45.2 Å². The van der Waals surface area contributed by atoms with Crippen LogP contribution in [0.15, 0.2) is 72.8 Å². The number of nitrogens with one attached hydrogen (secondary N) is 2. The van der Waals surface area contributed by atoms with Crippen LogP contribution in [0.2, 0.25) is 0 Å². The first-order chi connectivity index (χ1) is 15.7. The molecule has 0 bridgehead atoms. The summed E-state index contributed by atoms with van der Waals surface area (Å²) >= 11 is 0. The molecule has 0 saturated heterocycles. The van der Waals surface area contributed by atoms with Crippen LogP contribution in [0.4, 0.5) is 11.8 Å². The van der Waals surface area contributed by atoms with Crippen molar-refractivity contribution in [3.63, 3.8) is 0 Å². The highest BCUT2D eigenvalue weighted by Gasteiger charge is 2.17. The van der Waals surface area contributed by atoms with Gasteiger partial charge in [-0.15, -0.1) is 0 Å². The minimum absolute atomic E-state index is 0.502. The average molecular weight is 425 g/mol. The average Bonchev–Trinajstić information content (AvgIpc) is 3.33. The minimum atomic E-state index is 0.502. The number of fused-ring (bicyclic) bond motifs is 1. The van der Waals surface area contributed by atoms with Gasteiger partial charge in [0.2, 0.25) is 5.95 Å². The predicted molar refractivity (Wildman–Crippen MR) is 130 cm³/mol. The van der Waals surface area contributed by atoms with Gasteiger partial charge >= 0.3 is 0 Å². The van der Waals surface area contributed by atoms with Crippen molar-refractivity contribution in [1.29, 1.82) is 0 Å². The van der Waals surface area contributed by atoms with Gasteiger partial charge in [-0.3, -0.25) is 0 Å². The van der Waals surface area contributed by atoms with Crippen LogP contribution >= 0.6 is 0 Å². The van der Waals surface area contributed by atoms with E-state index in [1.54, 1.807) is 0 Å². The van der Waals surface area contributed by atoms with E-state index in [2.05, 4.69) is 35.8 Å². The maximum absolute atomic E-state index is 5.92. The number of rotatable bonds is 7. The SMILES string of the molecule is Cc1ccc(Oc2ccc(CNc3nc(NC4CCCC4)c4ccccc4n3)cc2)cc1. The van der Waals surface area contributed by atoms with E-state index in [-0.39, 0.29) is 0 Å². The molecular weight excluding hydrogens is 396 g/mol. The summed E-state index contributed by atoms with van der Waals surface area (Å²) in [5.41, 5.74) is 3.31. The Morgan fingerprint density at radius 2 is 1.53 bits per heavy atom. The molecule has 1 saturated carbocycles. The zero-order valence-electron chi connectivity index (χ0n) is 18.3. The van der Waals surface area contributed by atoms with Gasteiger partial charge in [-0.25, -0.2) is 4.98 Å². The van der Waals surface area contributed by atoms with E-state index in [0.717, 1.165) is 33.8 Å². The molecule has 1 heterocycles. The van der Waals surface area contributed by atoms with Crippen molar-refractivity contribution in [3.8, 4) is 11.5 Å². The summed E-state index contributed by atoms with van der Waals surface area (Å²) in [6.07, 6.45) is 4.99. The Hall–Kier alpha value is -3.60. The van der Waals surface area contributed by atoms with Gasteiger partial charge in [0.05, 0.1) is 5.52 Å². The molecule has 2 N–H and O–H groups in total. The number of benzene rings is 3. The molecule has 5 nitrogen and oxygen atoms in total. The number of hydrogen-bond donors (Lipinski definition) is 2. The lowest BCUT2D eigenvalue weighted by Crippen LogP contribution is -2.17. The molecule has 4 aromatic rings. The number of hydrogen-bond acceptors (Lipinski definition) is 5. The standard InChI is InChI=1S/C27H28N4O/c1-19-10-14-22(15-11-19)32-23-16-12-20(13-17-23)18-28-27-30-25-9-5-4-8-24(25)26(31-27)29-21-6-2-3-7-21/h4-5,8-17,21H,2-3,6-7,18H2,1H3,(H2,28,29,30,31). The fourth-order valence-electron chi connectivity index (χ4n) is 4.13. The Morgan fingerprint density at radius 3 is 2.28 bits per heavy atom. The lowest BCUT2D eigenvalue weighted by molar-refractivity contribution is 0.482. The maximum Gasteiger partial charge on any atom is 0.225 e. The third kappa shape index (κ3) is 4.83.